The van der Waals surface area contributed by atoms with Crippen molar-refractivity contribution in [3.8, 4) is 0 Å². The Hall–Kier alpha value is -2.10. The molecule has 0 amide bonds. The largest absolute Gasteiger partial charge is 0.361 e. The number of hydrogen-bond acceptors (Lipinski definition) is 2. The van der Waals surface area contributed by atoms with Crippen LogP contribution in [0.3, 0.4) is 0 Å². The first kappa shape index (κ1) is 12.9. The van der Waals surface area contributed by atoms with E-state index in [1.54, 1.807) is 6.07 Å². The first-order valence-electron chi connectivity index (χ1n) is 6.88. The number of H-pyrrole nitrogens is 1. The Kier molecular flexibility index (Phi) is 3.30. The molecule has 0 saturated heterocycles. The minimum absolute atomic E-state index is 0.153. The van der Waals surface area contributed by atoms with E-state index in [0.29, 0.717) is 18.4 Å². The Balaban J connectivity index is 1.85. The second kappa shape index (κ2) is 5.12. The first-order valence-corrected chi connectivity index (χ1v) is 6.88. The molecule has 3 aromatic rings. The van der Waals surface area contributed by atoms with Crippen LogP contribution in [0.15, 0.2) is 28.8 Å². The third-order valence-corrected chi connectivity index (χ3v) is 3.55. The summed E-state index contributed by atoms with van der Waals surface area (Å²) in [6.07, 6.45) is 2.22. The molecular weight excluding hydrogens is 255 g/mol. The van der Waals surface area contributed by atoms with Crippen molar-refractivity contribution >= 4 is 10.9 Å². The molecule has 1 aromatic carbocycles. The van der Waals surface area contributed by atoms with Crippen LogP contribution in [0.1, 0.15) is 29.6 Å². The molecule has 0 fully saturated rings. The van der Waals surface area contributed by atoms with Gasteiger partial charge in [-0.1, -0.05) is 12.1 Å². The average Bonchev–Trinajstić information content (AvgIpc) is 3.01. The quantitative estimate of drug-likeness (QED) is 0.781. The summed E-state index contributed by atoms with van der Waals surface area (Å²) >= 11 is 0. The predicted octanol–water partition coefficient (Wildman–Crippen LogP) is 3.95. The van der Waals surface area contributed by atoms with Gasteiger partial charge in [-0.2, -0.15) is 0 Å². The Labute approximate surface area is 116 Å². The fourth-order valence-corrected chi connectivity index (χ4v) is 2.44. The number of aryl methyl sites for hydroxylation is 4. The van der Waals surface area contributed by atoms with Crippen LogP contribution < -0.4 is 0 Å². The van der Waals surface area contributed by atoms with Crippen LogP contribution in [0.2, 0.25) is 0 Å². The summed E-state index contributed by atoms with van der Waals surface area (Å²) in [5.74, 6) is 0.632. The van der Waals surface area contributed by atoms with Gasteiger partial charge in [-0.15, -0.1) is 0 Å². The Morgan fingerprint density at radius 3 is 2.75 bits per heavy atom. The second-order valence-electron chi connectivity index (χ2n) is 5.11. The van der Waals surface area contributed by atoms with Gasteiger partial charge in [-0.05, 0) is 49.9 Å². The zero-order chi connectivity index (χ0) is 14.1. The van der Waals surface area contributed by atoms with Gasteiger partial charge in [-0.3, -0.25) is 0 Å². The SMILES string of the molecule is CCc1cc2cc(F)c(CCc3cc(C)on3)cc2[nH]1. The third kappa shape index (κ3) is 2.46. The van der Waals surface area contributed by atoms with E-state index >= 15 is 0 Å². The van der Waals surface area contributed by atoms with Gasteiger partial charge in [-0.25, -0.2) is 4.39 Å². The van der Waals surface area contributed by atoms with E-state index in [1.807, 2.05) is 25.1 Å². The maximum atomic E-state index is 14.1. The van der Waals surface area contributed by atoms with Gasteiger partial charge < -0.3 is 9.51 Å². The molecule has 0 aliphatic carbocycles. The number of hydrogen-bond donors (Lipinski definition) is 1. The standard InChI is InChI=1S/C16H17FN2O/c1-3-13-7-12-8-15(17)11(9-16(12)18-13)4-5-14-6-10(2)20-19-14/h6-9,18H,3-5H2,1-2H3. The van der Waals surface area contributed by atoms with E-state index in [9.17, 15) is 4.39 Å². The molecule has 0 spiro atoms. The van der Waals surface area contributed by atoms with Crippen molar-refractivity contribution in [3.63, 3.8) is 0 Å². The highest BCUT2D eigenvalue weighted by Crippen LogP contribution is 2.21. The second-order valence-corrected chi connectivity index (χ2v) is 5.11. The van der Waals surface area contributed by atoms with E-state index < -0.39 is 0 Å². The Bertz CT molecular complexity index is 742. The number of aromatic amines is 1. The van der Waals surface area contributed by atoms with Gasteiger partial charge in [0.05, 0.1) is 5.69 Å². The summed E-state index contributed by atoms with van der Waals surface area (Å²) in [5.41, 5.74) is 3.70. The summed E-state index contributed by atoms with van der Waals surface area (Å²) in [7, 11) is 0. The zero-order valence-corrected chi connectivity index (χ0v) is 11.7. The summed E-state index contributed by atoms with van der Waals surface area (Å²) in [5, 5.41) is 4.87. The van der Waals surface area contributed by atoms with Crippen molar-refractivity contribution in [1.82, 2.24) is 10.1 Å². The molecule has 2 heterocycles. The zero-order valence-electron chi connectivity index (χ0n) is 11.7. The van der Waals surface area contributed by atoms with Crippen molar-refractivity contribution in [2.75, 3.05) is 0 Å². The lowest BCUT2D eigenvalue weighted by Crippen LogP contribution is -1.95. The minimum Gasteiger partial charge on any atom is -0.361 e. The van der Waals surface area contributed by atoms with Crippen molar-refractivity contribution in [2.24, 2.45) is 0 Å². The van der Waals surface area contributed by atoms with Crippen LogP contribution in [-0.2, 0) is 19.3 Å². The normalized spacial score (nSPS) is 11.3. The molecule has 2 aromatic heterocycles. The smallest absolute Gasteiger partial charge is 0.133 e. The van der Waals surface area contributed by atoms with Crippen LogP contribution in [0.25, 0.3) is 10.9 Å². The molecule has 1 N–H and O–H groups in total. The van der Waals surface area contributed by atoms with Crippen LogP contribution in [0.4, 0.5) is 4.39 Å². The van der Waals surface area contributed by atoms with Crippen LogP contribution in [-0.4, -0.2) is 10.1 Å². The van der Waals surface area contributed by atoms with E-state index in [4.69, 9.17) is 4.52 Å². The van der Waals surface area contributed by atoms with E-state index in [0.717, 1.165) is 34.5 Å². The Morgan fingerprint density at radius 1 is 1.20 bits per heavy atom. The summed E-state index contributed by atoms with van der Waals surface area (Å²) in [6, 6.07) is 7.40. The predicted molar refractivity (Wildman–Crippen MR) is 76.3 cm³/mol. The van der Waals surface area contributed by atoms with E-state index in [2.05, 4.69) is 17.1 Å². The molecule has 3 rings (SSSR count). The monoisotopic (exact) mass is 272 g/mol. The minimum atomic E-state index is -0.153. The molecule has 0 aliphatic rings. The molecule has 0 saturated carbocycles. The third-order valence-electron chi connectivity index (χ3n) is 3.55. The van der Waals surface area contributed by atoms with Gasteiger partial charge in [0.1, 0.15) is 11.6 Å². The van der Waals surface area contributed by atoms with E-state index in [1.165, 1.54) is 0 Å². The van der Waals surface area contributed by atoms with Crippen molar-refractivity contribution < 1.29 is 8.91 Å². The number of rotatable bonds is 4. The van der Waals surface area contributed by atoms with Crippen LogP contribution >= 0.6 is 0 Å². The molecule has 20 heavy (non-hydrogen) atoms. The van der Waals surface area contributed by atoms with Crippen molar-refractivity contribution in [2.45, 2.75) is 33.1 Å². The van der Waals surface area contributed by atoms with Gasteiger partial charge in [0.2, 0.25) is 0 Å². The van der Waals surface area contributed by atoms with Gasteiger partial charge >= 0.3 is 0 Å². The average molecular weight is 272 g/mol. The van der Waals surface area contributed by atoms with Crippen molar-refractivity contribution in [3.05, 3.63) is 52.8 Å². The highest BCUT2D eigenvalue weighted by Gasteiger charge is 2.09. The molecule has 0 atom stereocenters. The number of nitrogens with one attached hydrogen (secondary N) is 1. The molecule has 4 heteroatoms. The summed E-state index contributed by atoms with van der Waals surface area (Å²) < 4.78 is 19.1. The molecule has 0 bridgehead atoms. The number of aromatic nitrogens is 2. The Morgan fingerprint density at radius 2 is 2.05 bits per heavy atom. The fourth-order valence-electron chi connectivity index (χ4n) is 2.44. The van der Waals surface area contributed by atoms with Gasteiger partial charge in [0.25, 0.3) is 0 Å². The number of halogens is 1. The molecule has 0 aliphatic heterocycles. The highest BCUT2D eigenvalue weighted by molar-refractivity contribution is 5.81. The summed E-state index contributed by atoms with van der Waals surface area (Å²) in [6.45, 7) is 3.93. The van der Waals surface area contributed by atoms with Gasteiger partial charge in [0, 0.05) is 22.7 Å². The lowest BCUT2D eigenvalue weighted by Gasteiger charge is -2.02. The number of benzene rings is 1. The van der Waals surface area contributed by atoms with Crippen LogP contribution in [0.5, 0.6) is 0 Å². The van der Waals surface area contributed by atoms with Crippen molar-refractivity contribution in [1.29, 1.82) is 0 Å². The molecule has 3 nitrogen and oxygen atoms in total. The fraction of sp³-hybridized carbons (Fsp3) is 0.312. The highest BCUT2D eigenvalue weighted by atomic mass is 19.1. The number of nitrogens with zero attached hydrogens (tertiary/aromatic N) is 1. The molecule has 0 unspecified atom stereocenters. The molecule has 104 valence electrons. The maximum Gasteiger partial charge on any atom is 0.133 e. The molecule has 0 radical (unpaired) electrons. The maximum absolute atomic E-state index is 14.1. The summed E-state index contributed by atoms with van der Waals surface area (Å²) in [4.78, 5) is 3.31. The van der Waals surface area contributed by atoms with Gasteiger partial charge in [0.15, 0.2) is 0 Å². The first-order chi connectivity index (χ1) is 9.65. The lowest BCUT2D eigenvalue weighted by molar-refractivity contribution is 0.390. The topological polar surface area (TPSA) is 41.8 Å². The lowest BCUT2D eigenvalue weighted by atomic mass is 10.1. The van der Waals surface area contributed by atoms with Crippen LogP contribution in [0, 0.1) is 12.7 Å². The number of fused-ring (bicyclic) bond motifs is 1. The van der Waals surface area contributed by atoms with E-state index in [-0.39, 0.29) is 5.82 Å². The molecular formula is C16H17FN2O.